The number of hydrogen-bond acceptors (Lipinski definition) is 9. The number of carbonyl (C=O) groups excluding carboxylic acids is 3. The molecule has 1 fully saturated rings. The number of aromatic hydroxyl groups is 1. The van der Waals surface area contributed by atoms with E-state index in [9.17, 15) is 39.9 Å². The first-order chi connectivity index (χ1) is 14.8. The molecule has 1 aromatic rings. The topological polar surface area (TPSA) is 182 Å². The van der Waals surface area contributed by atoms with Crippen LogP contribution in [0.1, 0.15) is 23.7 Å². The predicted octanol–water partition coefficient (Wildman–Crippen LogP) is 0.108. The minimum atomic E-state index is -2.77. The van der Waals surface area contributed by atoms with Gasteiger partial charge in [0, 0.05) is 28.0 Å². The van der Waals surface area contributed by atoms with E-state index < -0.39 is 75.5 Å². The number of likely N-dealkylation sites (N-methyl/N-ethyl adjacent to an activating group) is 1. The third-order valence-electron chi connectivity index (χ3n) is 6.64. The summed E-state index contributed by atoms with van der Waals surface area (Å²) < 4.78 is 0. The first kappa shape index (κ1) is 22.3. The minimum Gasteiger partial charge on any atom is -0.508 e. The summed E-state index contributed by atoms with van der Waals surface area (Å²) >= 11 is 6.19. The molecule has 0 radical (unpaired) electrons. The molecule has 3 aliphatic carbocycles. The van der Waals surface area contributed by atoms with Gasteiger partial charge in [-0.25, -0.2) is 0 Å². The van der Waals surface area contributed by atoms with Crippen LogP contribution in [0, 0.1) is 11.8 Å². The Morgan fingerprint density at radius 3 is 2.41 bits per heavy atom. The molecule has 0 unspecified atom stereocenters. The summed E-state index contributed by atoms with van der Waals surface area (Å²) in [5.74, 6) is -8.19. The van der Waals surface area contributed by atoms with Crippen LogP contribution in [0.4, 0.5) is 0 Å². The van der Waals surface area contributed by atoms with Gasteiger partial charge in [0.25, 0.3) is 5.91 Å². The fourth-order valence-electron chi connectivity index (χ4n) is 5.24. The standard InChI is InChI=1S/C21H21ClN2O8/c1-24(2)14-7-5-6-10(16(27)12-9(25)4-3-8(22)11(12)15(6)26)18(29)21(7,32)19(30)13(17(14)28)20(23)31/h3-4,6-7,14-15,25-27,30,32H,5H2,1-2H3,(H2,23,31)/t6-,7+,14+,15+,21+/m0/s1. The van der Waals surface area contributed by atoms with Gasteiger partial charge in [0.15, 0.2) is 11.4 Å². The van der Waals surface area contributed by atoms with Gasteiger partial charge in [-0.15, -0.1) is 0 Å². The number of phenolic OH excluding ortho intramolecular Hbond substituents is 1. The molecule has 5 atom stereocenters. The first-order valence-corrected chi connectivity index (χ1v) is 10.1. The number of primary amides is 1. The molecule has 0 bridgehead atoms. The number of benzene rings is 1. The van der Waals surface area contributed by atoms with E-state index in [1.807, 2.05) is 0 Å². The number of fused-ring (bicyclic) bond motifs is 3. The van der Waals surface area contributed by atoms with E-state index in [0.29, 0.717) is 0 Å². The summed E-state index contributed by atoms with van der Waals surface area (Å²) in [5.41, 5.74) is 0.845. The number of phenols is 1. The molecule has 7 N–H and O–H groups in total. The van der Waals surface area contributed by atoms with Gasteiger partial charge in [-0.2, -0.15) is 0 Å². The van der Waals surface area contributed by atoms with Crippen molar-refractivity contribution >= 4 is 34.8 Å². The van der Waals surface area contributed by atoms with Crippen molar-refractivity contribution in [2.24, 2.45) is 17.6 Å². The number of amides is 1. The highest BCUT2D eigenvalue weighted by Crippen LogP contribution is 2.56. The molecule has 11 heteroatoms. The molecule has 0 spiro atoms. The van der Waals surface area contributed by atoms with Crippen LogP contribution in [0.2, 0.25) is 5.02 Å². The minimum absolute atomic E-state index is 0.00251. The molecule has 0 saturated heterocycles. The third-order valence-corrected chi connectivity index (χ3v) is 6.97. The summed E-state index contributed by atoms with van der Waals surface area (Å²) in [5, 5.41) is 54.4. The quantitative estimate of drug-likeness (QED) is 0.331. The molecule has 32 heavy (non-hydrogen) atoms. The Bertz CT molecular complexity index is 1160. The SMILES string of the molecule is CN(C)[C@H]1C(=O)C(C(N)=O)=C(O)[C@]2(O)C(=O)C3=C(O)c4c(O)ccc(Cl)c4[C@H](O)[C@H]3C[C@H]12. The van der Waals surface area contributed by atoms with E-state index in [-0.39, 0.29) is 22.6 Å². The Labute approximate surface area is 186 Å². The molecule has 4 rings (SSSR count). The lowest BCUT2D eigenvalue weighted by atomic mass is 9.57. The molecule has 3 aliphatic rings. The average molecular weight is 465 g/mol. The maximum Gasteiger partial charge on any atom is 0.255 e. The van der Waals surface area contributed by atoms with Gasteiger partial charge < -0.3 is 31.3 Å². The summed E-state index contributed by atoms with van der Waals surface area (Å²) in [6, 6.07) is 1.25. The van der Waals surface area contributed by atoms with Gasteiger partial charge in [0.1, 0.15) is 22.8 Å². The van der Waals surface area contributed by atoms with E-state index in [2.05, 4.69) is 0 Å². The third kappa shape index (κ3) is 2.61. The average Bonchev–Trinajstić information content (AvgIpc) is 2.69. The normalized spacial score (nSPS) is 32.1. The Morgan fingerprint density at radius 2 is 1.84 bits per heavy atom. The number of ketones is 2. The summed E-state index contributed by atoms with van der Waals surface area (Å²) in [4.78, 5) is 39.8. The number of nitrogens with two attached hydrogens (primary N) is 1. The van der Waals surface area contributed by atoms with Gasteiger partial charge in [-0.3, -0.25) is 19.3 Å². The molecule has 0 heterocycles. The number of halogens is 1. The maximum atomic E-state index is 13.6. The van der Waals surface area contributed by atoms with Crippen LogP contribution in [-0.4, -0.2) is 73.6 Å². The number of aliphatic hydroxyl groups is 4. The molecule has 10 nitrogen and oxygen atoms in total. The Hall–Kier alpha value is -2.92. The fourth-order valence-corrected chi connectivity index (χ4v) is 5.51. The number of aliphatic hydroxyl groups excluding tert-OH is 3. The molecule has 1 amide bonds. The second-order valence-corrected chi connectivity index (χ2v) is 8.87. The van der Waals surface area contributed by atoms with Crippen molar-refractivity contribution in [3.8, 4) is 5.75 Å². The highest BCUT2D eigenvalue weighted by Gasteiger charge is 2.65. The van der Waals surface area contributed by atoms with Crippen molar-refractivity contribution in [3.05, 3.63) is 45.2 Å². The first-order valence-electron chi connectivity index (χ1n) is 9.69. The molecule has 0 aliphatic heterocycles. The highest BCUT2D eigenvalue weighted by molar-refractivity contribution is 6.32. The van der Waals surface area contributed by atoms with E-state index in [4.69, 9.17) is 17.3 Å². The lowest BCUT2D eigenvalue weighted by molar-refractivity contribution is -0.155. The monoisotopic (exact) mass is 464 g/mol. The second-order valence-electron chi connectivity index (χ2n) is 8.47. The van der Waals surface area contributed by atoms with E-state index >= 15 is 0 Å². The summed E-state index contributed by atoms with van der Waals surface area (Å²) in [7, 11) is 2.97. The maximum absolute atomic E-state index is 13.6. The molecule has 0 aromatic heterocycles. The zero-order chi connectivity index (χ0) is 23.9. The molecular weight excluding hydrogens is 444 g/mol. The van der Waals surface area contributed by atoms with Gasteiger partial charge in [0.2, 0.25) is 5.78 Å². The predicted molar refractivity (Wildman–Crippen MR) is 111 cm³/mol. The van der Waals surface area contributed by atoms with Gasteiger partial charge >= 0.3 is 0 Å². The van der Waals surface area contributed by atoms with E-state index in [0.717, 1.165) is 0 Å². The Morgan fingerprint density at radius 1 is 1.22 bits per heavy atom. The Kier molecular flexibility index (Phi) is 4.90. The van der Waals surface area contributed by atoms with Gasteiger partial charge in [-0.05, 0) is 32.6 Å². The van der Waals surface area contributed by atoms with Crippen molar-refractivity contribution in [3.63, 3.8) is 0 Å². The van der Waals surface area contributed by atoms with Gasteiger partial charge in [0.05, 0.1) is 17.7 Å². The number of rotatable bonds is 2. The van der Waals surface area contributed by atoms with Gasteiger partial charge in [-0.1, -0.05) is 11.6 Å². The van der Waals surface area contributed by atoms with Crippen molar-refractivity contribution < 1.29 is 39.9 Å². The summed E-state index contributed by atoms with van der Waals surface area (Å²) in [6.07, 6.45) is -1.70. The Balaban J connectivity index is 2.03. The van der Waals surface area contributed by atoms with Crippen LogP contribution in [0.15, 0.2) is 29.0 Å². The van der Waals surface area contributed by atoms with Crippen LogP contribution in [-0.2, 0) is 14.4 Å². The molecule has 1 aromatic carbocycles. The van der Waals surface area contributed by atoms with Crippen LogP contribution >= 0.6 is 11.6 Å². The van der Waals surface area contributed by atoms with E-state index in [1.54, 1.807) is 0 Å². The van der Waals surface area contributed by atoms with Crippen LogP contribution < -0.4 is 5.73 Å². The fraction of sp³-hybridized carbons (Fsp3) is 0.381. The zero-order valence-electron chi connectivity index (χ0n) is 17.0. The smallest absolute Gasteiger partial charge is 0.255 e. The molecular formula is C21H21ClN2O8. The molecule has 170 valence electrons. The lowest BCUT2D eigenvalue weighted by Crippen LogP contribution is -2.66. The number of carbonyl (C=O) groups is 3. The van der Waals surface area contributed by atoms with Crippen molar-refractivity contribution in [1.82, 2.24) is 4.90 Å². The number of nitrogens with zero attached hydrogens (tertiary/aromatic N) is 1. The number of Topliss-reactive ketones (excluding diaryl/α,β-unsaturated/α-hetero) is 2. The van der Waals surface area contributed by atoms with Crippen LogP contribution in [0.5, 0.6) is 5.75 Å². The zero-order valence-corrected chi connectivity index (χ0v) is 17.8. The number of hydrogen-bond donors (Lipinski definition) is 6. The van der Waals surface area contributed by atoms with Crippen molar-refractivity contribution in [2.75, 3.05) is 14.1 Å². The second kappa shape index (κ2) is 7.04. The van der Waals surface area contributed by atoms with E-state index in [1.165, 1.54) is 31.1 Å². The van der Waals surface area contributed by atoms with Crippen LogP contribution in [0.3, 0.4) is 0 Å². The van der Waals surface area contributed by atoms with Crippen LogP contribution in [0.25, 0.3) is 5.76 Å². The highest BCUT2D eigenvalue weighted by atomic mass is 35.5. The lowest BCUT2D eigenvalue weighted by Gasteiger charge is -2.51. The molecule has 1 saturated carbocycles. The summed E-state index contributed by atoms with van der Waals surface area (Å²) in [6.45, 7) is 0. The van der Waals surface area contributed by atoms with Crippen molar-refractivity contribution in [2.45, 2.75) is 24.2 Å². The largest absolute Gasteiger partial charge is 0.508 e. The van der Waals surface area contributed by atoms with Crippen molar-refractivity contribution in [1.29, 1.82) is 0 Å².